The van der Waals surface area contributed by atoms with Crippen molar-refractivity contribution in [2.24, 2.45) is 0 Å². The Morgan fingerprint density at radius 1 is 0.679 bits per heavy atom. The lowest BCUT2D eigenvalue weighted by Gasteiger charge is -2.01. The first-order valence-corrected chi connectivity index (χ1v) is 11.1. The predicted octanol–water partition coefficient (Wildman–Crippen LogP) is 8.26. The van der Waals surface area contributed by atoms with Crippen LogP contribution in [0.5, 0.6) is 0 Å². The third-order valence-corrected chi connectivity index (χ3v) is 4.87. The van der Waals surface area contributed by atoms with E-state index >= 15 is 0 Å². The van der Waals surface area contributed by atoms with Gasteiger partial charge < -0.3 is 4.74 Å². The van der Waals surface area contributed by atoms with E-state index in [1.807, 2.05) is 0 Å². The first-order valence-electron chi connectivity index (χ1n) is 11.1. The van der Waals surface area contributed by atoms with Crippen LogP contribution in [-0.2, 0) is 9.53 Å². The fraction of sp³-hybridized carbons (Fsp3) is 0.654. The molecule has 0 aliphatic rings. The highest BCUT2D eigenvalue weighted by molar-refractivity contribution is 5.68. The topological polar surface area (TPSA) is 26.3 Å². The molecule has 0 aliphatic heterocycles. The van der Waals surface area contributed by atoms with Crippen LogP contribution in [0.2, 0.25) is 0 Å². The zero-order chi connectivity index (χ0) is 21.0. The summed E-state index contributed by atoms with van der Waals surface area (Å²) in [7, 11) is 1.46. The van der Waals surface area contributed by atoms with Gasteiger partial charge in [-0.05, 0) is 79.1 Å². The highest BCUT2D eigenvalue weighted by atomic mass is 16.5. The Kier molecular flexibility index (Phi) is 17.7. The van der Waals surface area contributed by atoms with E-state index in [0.29, 0.717) is 6.42 Å². The molecule has 2 heteroatoms. The standard InChI is InChI=1S/C26H44O2/c1-23(2)17-15-19-25(4)21-16-20-24(3)18-13-11-9-7-6-8-10-12-14-22-26(27)28-5/h9,11,17-18,21H,6-8,10,12-16,19-20,22H2,1-5H3. The van der Waals surface area contributed by atoms with Gasteiger partial charge in [0.25, 0.3) is 0 Å². The van der Waals surface area contributed by atoms with Gasteiger partial charge in [-0.15, -0.1) is 0 Å². The molecule has 160 valence electrons. The molecule has 0 saturated carbocycles. The summed E-state index contributed by atoms with van der Waals surface area (Å²) in [6.45, 7) is 8.82. The minimum Gasteiger partial charge on any atom is -0.469 e. The fourth-order valence-corrected chi connectivity index (χ4v) is 2.99. The van der Waals surface area contributed by atoms with Gasteiger partial charge in [0.1, 0.15) is 0 Å². The number of unbranched alkanes of at least 4 members (excludes halogenated alkanes) is 5. The lowest BCUT2D eigenvalue weighted by atomic mass is 10.1. The number of carbonyl (C=O) groups is 1. The maximum Gasteiger partial charge on any atom is 0.305 e. The molecule has 0 aromatic heterocycles. The maximum absolute atomic E-state index is 11.0. The molecular formula is C26H44O2. The van der Waals surface area contributed by atoms with Crippen LogP contribution in [0.1, 0.15) is 105 Å². The molecule has 0 fully saturated rings. The number of ether oxygens (including phenoxy) is 1. The predicted molar refractivity (Wildman–Crippen MR) is 124 cm³/mol. The van der Waals surface area contributed by atoms with Crippen molar-refractivity contribution in [1.29, 1.82) is 0 Å². The Morgan fingerprint density at radius 3 is 1.96 bits per heavy atom. The van der Waals surface area contributed by atoms with Crippen molar-refractivity contribution in [2.75, 3.05) is 7.11 Å². The smallest absolute Gasteiger partial charge is 0.305 e. The summed E-state index contributed by atoms with van der Waals surface area (Å²) >= 11 is 0. The van der Waals surface area contributed by atoms with Gasteiger partial charge >= 0.3 is 5.97 Å². The van der Waals surface area contributed by atoms with Gasteiger partial charge in [-0.25, -0.2) is 0 Å². The summed E-state index contributed by atoms with van der Waals surface area (Å²) in [4.78, 5) is 11.0. The number of carbonyl (C=O) groups excluding carboxylic acids is 1. The van der Waals surface area contributed by atoms with Crippen LogP contribution in [0, 0.1) is 0 Å². The zero-order valence-corrected chi connectivity index (χ0v) is 19.2. The molecule has 28 heavy (non-hydrogen) atoms. The lowest BCUT2D eigenvalue weighted by Crippen LogP contribution is -1.98. The number of hydrogen-bond donors (Lipinski definition) is 0. The summed E-state index contributed by atoms with van der Waals surface area (Å²) in [5, 5.41) is 0. The third kappa shape index (κ3) is 19.2. The Hall–Kier alpha value is -1.57. The van der Waals surface area contributed by atoms with Crippen molar-refractivity contribution in [2.45, 2.75) is 105 Å². The zero-order valence-electron chi connectivity index (χ0n) is 19.2. The van der Waals surface area contributed by atoms with Crippen LogP contribution in [-0.4, -0.2) is 13.1 Å². The van der Waals surface area contributed by atoms with Crippen LogP contribution in [0.4, 0.5) is 0 Å². The normalized spacial score (nSPS) is 12.5. The van der Waals surface area contributed by atoms with Crippen LogP contribution < -0.4 is 0 Å². The molecule has 0 radical (unpaired) electrons. The number of hydrogen-bond acceptors (Lipinski definition) is 2. The molecule has 0 aromatic carbocycles. The first kappa shape index (κ1) is 26.4. The van der Waals surface area contributed by atoms with Crippen LogP contribution >= 0.6 is 0 Å². The second kappa shape index (κ2) is 18.8. The van der Waals surface area contributed by atoms with Crippen molar-refractivity contribution in [3.05, 3.63) is 47.1 Å². The van der Waals surface area contributed by atoms with Gasteiger partial charge in [0.15, 0.2) is 0 Å². The Labute approximate surface area is 174 Å². The van der Waals surface area contributed by atoms with E-state index in [0.717, 1.165) is 38.5 Å². The van der Waals surface area contributed by atoms with Gasteiger partial charge in [-0.2, -0.15) is 0 Å². The second-order valence-corrected chi connectivity index (χ2v) is 8.05. The highest BCUT2D eigenvalue weighted by Gasteiger charge is 1.98. The minimum absolute atomic E-state index is 0.0862. The van der Waals surface area contributed by atoms with Crippen molar-refractivity contribution in [1.82, 2.24) is 0 Å². The number of rotatable bonds is 16. The van der Waals surface area contributed by atoms with Crippen molar-refractivity contribution >= 4 is 5.97 Å². The van der Waals surface area contributed by atoms with E-state index in [-0.39, 0.29) is 5.97 Å². The quantitative estimate of drug-likeness (QED) is 0.151. The molecule has 0 amide bonds. The van der Waals surface area contributed by atoms with E-state index < -0.39 is 0 Å². The largest absolute Gasteiger partial charge is 0.469 e. The highest BCUT2D eigenvalue weighted by Crippen LogP contribution is 2.12. The van der Waals surface area contributed by atoms with Crippen molar-refractivity contribution in [3.63, 3.8) is 0 Å². The Balaban J connectivity index is 3.66. The monoisotopic (exact) mass is 388 g/mol. The van der Waals surface area contributed by atoms with E-state index in [1.54, 1.807) is 0 Å². The summed E-state index contributed by atoms with van der Waals surface area (Å²) in [5.74, 6) is -0.0862. The van der Waals surface area contributed by atoms with Gasteiger partial charge in [-0.1, -0.05) is 66.4 Å². The number of allylic oxidation sites excluding steroid dienone is 8. The molecule has 0 atom stereocenters. The maximum atomic E-state index is 11.0. The SMILES string of the molecule is COC(=O)CCCCCCCC=CCC=C(C)CCC=C(C)CCC=C(C)C. The Morgan fingerprint density at radius 2 is 1.29 bits per heavy atom. The number of methoxy groups -OCH3 is 1. The molecule has 0 bridgehead atoms. The molecule has 0 N–H and O–H groups in total. The summed E-state index contributed by atoms with van der Waals surface area (Å²) in [5.41, 5.74) is 4.41. The van der Waals surface area contributed by atoms with Crippen molar-refractivity contribution in [3.8, 4) is 0 Å². The van der Waals surface area contributed by atoms with E-state index in [4.69, 9.17) is 0 Å². The molecule has 2 nitrogen and oxygen atoms in total. The third-order valence-electron chi connectivity index (χ3n) is 4.87. The number of esters is 1. The molecule has 0 saturated heterocycles. The average Bonchev–Trinajstić information content (AvgIpc) is 2.65. The fourth-order valence-electron chi connectivity index (χ4n) is 2.99. The molecule has 0 heterocycles. The molecule has 0 aliphatic carbocycles. The Bertz CT molecular complexity index is 517. The molecular weight excluding hydrogens is 344 g/mol. The van der Waals surface area contributed by atoms with Gasteiger partial charge in [0, 0.05) is 6.42 Å². The molecule has 0 aromatic rings. The molecule has 0 unspecified atom stereocenters. The molecule has 0 rings (SSSR count). The average molecular weight is 389 g/mol. The van der Waals surface area contributed by atoms with E-state index in [9.17, 15) is 4.79 Å². The second-order valence-electron chi connectivity index (χ2n) is 8.05. The van der Waals surface area contributed by atoms with E-state index in [1.165, 1.54) is 55.9 Å². The van der Waals surface area contributed by atoms with Crippen molar-refractivity contribution < 1.29 is 9.53 Å². The minimum atomic E-state index is -0.0862. The van der Waals surface area contributed by atoms with Crippen LogP contribution in [0.25, 0.3) is 0 Å². The van der Waals surface area contributed by atoms with Gasteiger partial charge in [0.2, 0.25) is 0 Å². The summed E-state index contributed by atoms with van der Waals surface area (Å²) in [6.07, 6.45) is 24.9. The first-order chi connectivity index (χ1) is 13.5. The van der Waals surface area contributed by atoms with E-state index in [2.05, 4.69) is 62.8 Å². The lowest BCUT2D eigenvalue weighted by molar-refractivity contribution is -0.140. The van der Waals surface area contributed by atoms with Crippen LogP contribution in [0.3, 0.4) is 0 Å². The van der Waals surface area contributed by atoms with Gasteiger partial charge in [-0.3, -0.25) is 4.79 Å². The summed E-state index contributed by atoms with van der Waals surface area (Å²) < 4.78 is 4.65. The summed E-state index contributed by atoms with van der Waals surface area (Å²) in [6, 6.07) is 0. The molecule has 0 spiro atoms. The van der Waals surface area contributed by atoms with Gasteiger partial charge in [0.05, 0.1) is 7.11 Å². The van der Waals surface area contributed by atoms with Crippen LogP contribution in [0.15, 0.2) is 47.1 Å².